The van der Waals surface area contributed by atoms with E-state index in [1.807, 2.05) is 0 Å². The summed E-state index contributed by atoms with van der Waals surface area (Å²) in [5, 5.41) is 0. The van der Waals surface area contributed by atoms with Crippen LogP contribution in [0.4, 0.5) is 0 Å². The highest BCUT2D eigenvalue weighted by Crippen LogP contribution is 2.36. The first-order valence-corrected chi connectivity index (χ1v) is 6.16. The van der Waals surface area contributed by atoms with Gasteiger partial charge in [-0.2, -0.15) is 0 Å². The number of carbonyl (C=O) groups excluding carboxylic acids is 1. The van der Waals surface area contributed by atoms with Gasteiger partial charge >= 0.3 is 0 Å². The van der Waals surface area contributed by atoms with Crippen LogP contribution < -0.4 is 0 Å². The van der Waals surface area contributed by atoms with Gasteiger partial charge in [-0.15, -0.1) is 0 Å². The summed E-state index contributed by atoms with van der Waals surface area (Å²) in [5.74, 6) is 0.766. The molecule has 2 heteroatoms. The van der Waals surface area contributed by atoms with Crippen LogP contribution in [0, 0.1) is 11.3 Å². The number of hydrogen-bond donors (Lipinski definition) is 0. The van der Waals surface area contributed by atoms with Crippen LogP contribution in [0.5, 0.6) is 0 Å². The lowest BCUT2D eigenvalue weighted by Crippen LogP contribution is -2.37. The molecule has 1 saturated carbocycles. The molecule has 0 aromatic carbocycles. The fourth-order valence-corrected chi connectivity index (χ4v) is 2.56. The highest BCUT2D eigenvalue weighted by molar-refractivity contribution is 5.82. The van der Waals surface area contributed by atoms with Crippen LogP contribution in [0.1, 0.15) is 46.5 Å². The Labute approximate surface area is 94.0 Å². The molecule has 0 bridgehead atoms. The van der Waals surface area contributed by atoms with Gasteiger partial charge in [-0.3, -0.25) is 4.79 Å². The first-order chi connectivity index (χ1) is 6.94. The standard InChI is InChI=1S/C13H25NO/c1-5-8-14(4)10-11-9-13(2,3)7-6-12(11)15/h11H,5-10H2,1-4H3. The Balaban J connectivity index is 2.48. The zero-order valence-electron chi connectivity index (χ0n) is 10.7. The smallest absolute Gasteiger partial charge is 0.137 e. The molecule has 1 atom stereocenters. The van der Waals surface area contributed by atoms with Gasteiger partial charge < -0.3 is 4.90 Å². The molecule has 0 aromatic heterocycles. The van der Waals surface area contributed by atoms with Gasteiger partial charge in [0.05, 0.1) is 0 Å². The molecule has 0 radical (unpaired) electrons. The normalized spacial score (nSPS) is 25.9. The van der Waals surface area contributed by atoms with Crippen molar-refractivity contribution in [2.75, 3.05) is 20.1 Å². The van der Waals surface area contributed by atoms with E-state index in [1.165, 1.54) is 6.42 Å². The Morgan fingerprint density at radius 2 is 2.13 bits per heavy atom. The average molecular weight is 211 g/mol. The lowest BCUT2D eigenvalue weighted by molar-refractivity contribution is -0.127. The van der Waals surface area contributed by atoms with Crippen LogP contribution in [-0.4, -0.2) is 30.8 Å². The third-order valence-corrected chi connectivity index (χ3v) is 3.44. The minimum absolute atomic E-state index is 0.283. The Morgan fingerprint density at radius 3 is 2.73 bits per heavy atom. The van der Waals surface area contributed by atoms with Gasteiger partial charge in [0.2, 0.25) is 0 Å². The third kappa shape index (κ3) is 3.94. The Hall–Kier alpha value is -0.370. The summed E-state index contributed by atoms with van der Waals surface area (Å²) < 4.78 is 0. The number of hydrogen-bond acceptors (Lipinski definition) is 2. The predicted octanol–water partition coefficient (Wildman–Crippen LogP) is 2.72. The van der Waals surface area contributed by atoms with Gasteiger partial charge in [0.1, 0.15) is 5.78 Å². The summed E-state index contributed by atoms with van der Waals surface area (Å²) in [6.45, 7) is 8.81. The van der Waals surface area contributed by atoms with Crippen molar-refractivity contribution >= 4 is 5.78 Å². The molecule has 1 fully saturated rings. The van der Waals surface area contributed by atoms with Gasteiger partial charge in [-0.25, -0.2) is 0 Å². The van der Waals surface area contributed by atoms with Crippen molar-refractivity contribution in [3.63, 3.8) is 0 Å². The fourth-order valence-electron chi connectivity index (χ4n) is 2.56. The van der Waals surface area contributed by atoms with Crippen LogP contribution in [0.2, 0.25) is 0 Å². The van der Waals surface area contributed by atoms with Crippen molar-refractivity contribution in [2.24, 2.45) is 11.3 Å². The van der Waals surface area contributed by atoms with Crippen LogP contribution in [0.3, 0.4) is 0 Å². The molecule has 0 aliphatic heterocycles. The highest BCUT2D eigenvalue weighted by Gasteiger charge is 2.33. The molecule has 0 spiro atoms. The maximum Gasteiger partial charge on any atom is 0.137 e. The van der Waals surface area contributed by atoms with Gasteiger partial charge in [0.25, 0.3) is 0 Å². The molecule has 0 heterocycles. The second-order valence-electron chi connectivity index (χ2n) is 5.79. The molecule has 88 valence electrons. The second kappa shape index (κ2) is 5.11. The summed E-state index contributed by atoms with van der Waals surface area (Å²) in [6.07, 6.45) is 4.10. The number of carbonyl (C=O) groups is 1. The average Bonchev–Trinajstić information content (AvgIpc) is 2.11. The van der Waals surface area contributed by atoms with Crippen molar-refractivity contribution in [2.45, 2.75) is 46.5 Å². The summed E-state index contributed by atoms with van der Waals surface area (Å²) in [4.78, 5) is 14.1. The summed E-state index contributed by atoms with van der Waals surface area (Å²) in [7, 11) is 2.12. The van der Waals surface area contributed by atoms with Crippen molar-refractivity contribution in [1.29, 1.82) is 0 Å². The molecule has 1 rings (SSSR count). The Kier molecular flexibility index (Phi) is 4.32. The molecule has 1 aliphatic carbocycles. The molecule has 1 unspecified atom stereocenters. The zero-order chi connectivity index (χ0) is 11.5. The molecule has 2 nitrogen and oxygen atoms in total. The van der Waals surface area contributed by atoms with E-state index in [0.29, 0.717) is 11.2 Å². The van der Waals surface area contributed by atoms with E-state index >= 15 is 0 Å². The maximum atomic E-state index is 11.8. The molecule has 0 amide bonds. The fraction of sp³-hybridized carbons (Fsp3) is 0.923. The first kappa shape index (κ1) is 12.7. The van der Waals surface area contributed by atoms with E-state index < -0.39 is 0 Å². The summed E-state index contributed by atoms with van der Waals surface area (Å²) >= 11 is 0. The Bertz CT molecular complexity index is 223. The van der Waals surface area contributed by atoms with Crippen molar-refractivity contribution in [3.05, 3.63) is 0 Å². The minimum Gasteiger partial charge on any atom is -0.306 e. The number of Topliss-reactive ketones (excluding diaryl/α,β-unsaturated/α-hetero) is 1. The monoisotopic (exact) mass is 211 g/mol. The quantitative estimate of drug-likeness (QED) is 0.712. The highest BCUT2D eigenvalue weighted by atomic mass is 16.1. The zero-order valence-corrected chi connectivity index (χ0v) is 10.7. The first-order valence-electron chi connectivity index (χ1n) is 6.16. The van der Waals surface area contributed by atoms with Gasteiger partial charge in [0.15, 0.2) is 0 Å². The Morgan fingerprint density at radius 1 is 1.47 bits per heavy atom. The van der Waals surface area contributed by atoms with Crippen molar-refractivity contribution in [3.8, 4) is 0 Å². The number of nitrogens with zero attached hydrogens (tertiary/aromatic N) is 1. The van der Waals surface area contributed by atoms with Gasteiger partial charge in [-0.05, 0) is 38.3 Å². The maximum absolute atomic E-state index is 11.8. The van der Waals surface area contributed by atoms with Gasteiger partial charge in [0, 0.05) is 18.9 Å². The van der Waals surface area contributed by atoms with Crippen LogP contribution in [-0.2, 0) is 4.79 Å². The lowest BCUT2D eigenvalue weighted by Gasteiger charge is -2.35. The molecular weight excluding hydrogens is 186 g/mol. The molecule has 0 saturated heterocycles. The van der Waals surface area contributed by atoms with Crippen molar-refractivity contribution in [1.82, 2.24) is 4.90 Å². The summed E-state index contributed by atoms with van der Waals surface area (Å²) in [5.41, 5.74) is 0.367. The SMILES string of the molecule is CCCN(C)CC1CC(C)(C)CCC1=O. The molecular formula is C13H25NO. The van der Waals surface area contributed by atoms with Crippen LogP contribution in [0.25, 0.3) is 0 Å². The van der Waals surface area contributed by atoms with E-state index in [-0.39, 0.29) is 5.92 Å². The third-order valence-electron chi connectivity index (χ3n) is 3.44. The number of rotatable bonds is 4. The molecule has 1 aliphatic rings. The number of ketones is 1. The van der Waals surface area contributed by atoms with E-state index in [0.717, 1.165) is 32.4 Å². The van der Waals surface area contributed by atoms with E-state index in [2.05, 4.69) is 32.7 Å². The van der Waals surface area contributed by atoms with E-state index in [4.69, 9.17) is 0 Å². The molecule has 0 aromatic rings. The molecule has 0 N–H and O–H groups in total. The van der Waals surface area contributed by atoms with E-state index in [9.17, 15) is 4.79 Å². The van der Waals surface area contributed by atoms with Crippen LogP contribution >= 0.6 is 0 Å². The summed E-state index contributed by atoms with van der Waals surface area (Å²) in [6, 6.07) is 0. The largest absolute Gasteiger partial charge is 0.306 e. The second-order valence-corrected chi connectivity index (χ2v) is 5.79. The van der Waals surface area contributed by atoms with Gasteiger partial charge in [-0.1, -0.05) is 20.8 Å². The topological polar surface area (TPSA) is 20.3 Å². The lowest BCUT2D eigenvalue weighted by atomic mass is 9.71. The predicted molar refractivity (Wildman–Crippen MR) is 63.9 cm³/mol. The van der Waals surface area contributed by atoms with Crippen LogP contribution in [0.15, 0.2) is 0 Å². The van der Waals surface area contributed by atoms with Crippen molar-refractivity contribution < 1.29 is 4.79 Å². The van der Waals surface area contributed by atoms with E-state index in [1.54, 1.807) is 0 Å². The molecule has 15 heavy (non-hydrogen) atoms. The minimum atomic E-state index is 0.283.